The first-order valence-corrected chi connectivity index (χ1v) is 6.13. The SMILES string of the molecule is O=C(c1ccc([N+](=O)[O-])o1)C1CCCCS1. The van der Waals surface area contributed by atoms with Crippen molar-refractivity contribution in [2.45, 2.75) is 24.5 Å². The van der Waals surface area contributed by atoms with Crippen LogP contribution in [0.3, 0.4) is 0 Å². The van der Waals surface area contributed by atoms with Gasteiger partial charge in [0.05, 0.1) is 11.3 Å². The van der Waals surface area contributed by atoms with Crippen LogP contribution in [-0.4, -0.2) is 21.7 Å². The molecule has 16 heavy (non-hydrogen) atoms. The molecule has 86 valence electrons. The Morgan fingerprint density at radius 2 is 2.31 bits per heavy atom. The molecule has 1 unspecified atom stereocenters. The molecular weight excluding hydrogens is 230 g/mol. The lowest BCUT2D eigenvalue weighted by Crippen LogP contribution is -2.20. The molecule has 1 aromatic heterocycles. The summed E-state index contributed by atoms with van der Waals surface area (Å²) in [4.78, 5) is 21.7. The molecule has 1 atom stereocenters. The zero-order chi connectivity index (χ0) is 11.5. The summed E-state index contributed by atoms with van der Waals surface area (Å²) in [5.41, 5.74) is 0. The lowest BCUT2D eigenvalue weighted by molar-refractivity contribution is -0.402. The molecule has 0 aromatic carbocycles. The monoisotopic (exact) mass is 241 g/mol. The standard InChI is InChI=1S/C10H11NO4S/c12-10(8-3-1-2-6-16-8)7-4-5-9(15-7)11(13)14/h4-5,8H,1-3,6H2. The van der Waals surface area contributed by atoms with Gasteiger partial charge in [-0.15, -0.1) is 0 Å². The number of nitro groups is 1. The number of nitrogens with zero attached hydrogens (tertiary/aromatic N) is 1. The normalized spacial score (nSPS) is 20.6. The third-order valence-corrected chi connectivity index (χ3v) is 3.86. The lowest BCUT2D eigenvalue weighted by Gasteiger charge is -2.18. The van der Waals surface area contributed by atoms with E-state index in [0.717, 1.165) is 25.0 Å². The Kier molecular flexibility index (Phi) is 3.28. The van der Waals surface area contributed by atoms with Gasteiger partial charge in [-0.25, -0.2) is 0 Å². The highest BCUT2D eigenvalue weighted by atomic mass is 32.2. The maximum atomic E-state index is 11.9. The molecule has 0 aliphatic carbocycles. The van der Waals surface area contributed by atoms with Crippen molar-refractivity contribution in [2.24, 2.45) is 0 Å². The van der Waals surface area contributed by atoms with E-state index in [2.05, 4.69) is 0 Å². The number of rotatable bonds is 3. The van der Waals surface area contributed by atoms with E-state index in [1.54, 1.807) is 11.8 Å². The Labute approximate surface area is 96.3 Å². The Morgan fingerprint density at radius 1 is 1.50 bits per heavy atom. The molecule has 1 fully saturated rings. The average molecular weight is 241 g/mol. The van der Waals surface area contributed by atoms with Crippen molar-refractivity contribution >= 4 is 23.4 Å². The summed E-state index contributed by atoms with van der Waals surface area (Å²) < 4.78 is 4.90. The van der Waals surface area contributed by atoms with E-state index in [-0.39, 0.29) is 22.7 Å². The molecule has 0 N–H and O–H groups in total. The van der Waals surface area contributed by atoms with E-state index >= 15 is 0 Å². The Morgan fingerprint density at radius 3 is 2.88 bits per heavy atom. The molecular formula is C10H11NO4S. The summed E-state index contributed by atoms with van der Waals surface area (Å²) >= 11 is 1.60. The van der Waals surface area contributed by atoms with Crippen LogP contribution in [0.25, 0.3) is 0 Å². The van der Waals surface area contributed by atoms with E-state index < -0.39 is 4.92 Å². The summed E-state index contributed by atoms with van der Waals surface area (Å²) in [6, 6.07) is 2.61. The summed E-state index contributed by atoms with van der Waals surface area (Å²) in [5, 5.41) is 10.3. The van der Waals surface area contributed by atoms with Crippen molar-refractivity contribution in [1.29, 1.82) is 0 Å². The van der Waals surface area contributed by atoms with Gasteiger partial charge in [0.25, 0.3) is 0 Å². The van der Waals surface area contributed by atoms with Crippen LogP contribution < -0.4 is 0 Å². The molecule has 6 heteroatoms. The second-order valence-electron chi connectivity index (χ2n) is 3.61. The molecule has 0 radical (unpaired) electrons. The third-order valence-electron chi connectivity index (χ3n) is 2.49. The smallest absolute Gasteiger partial charge is 0.397 e. The summed E-state index contributed by atoms with van der Waals surface area (Å²) in [7, 11) is 0. The fraction of sp³-hybridized carbons (Fsp3) is 0.500. The highest BCUT2D eigenvalue weighted by Crippen LogP contribution is 2.29. The first-order valence-electron chi connectivity index (χ1n) is 5.08. The van der Waals surface area contributed by atoms with E-state index in [4.69, 9.17) is 4.42 Å². The summed E-state index contributed by atoms with van der Waals surface area (Å²) in [6.07, 6.45) is 3.00. The fourth-order valence-corrected chi connectivity index (χ4v) is 2.92. The van der Waals surface area contributed by atoms with Crippen LogP contribution in [0.1, 0.15) is 29.8 Å². The average Bonchev–Trinajstić information content (AvgIpc) is 2.78. The van der Waals surface area contributed by atoms with Crippen LogP contribution in [0.5, 0.6) is 0 Å². The fourth-order valence-electron chi connectivity index (χ4n) is 1.66. The third kappa shape index (κ3) is 2.27. The van der Waals surface area contributed by atoms with Gasteiger partial charge in [-0.1, -0.05) is 6.42 Å². The predicted octanol–water partition coefficient (Wildman–Crippen LogP) is 2.66. The van der Waals surface area contributed by atoms with Gasteiger partial charge >= 0.3 is 5.88 Å². The number of Topliss-reactive ketones (excluding diaryl/α,β-unsaturated/α-hetero) is 1. The Balaban J connectivity index is 2.10. The number of carbonyl (C=O) groups excluding carboxylic acids is 1. The van der Waals surface area contributed by atoms with Crippen LogP contribution in [-0.2, 0) is 0 Å². The van der Waals surface area contributed by atoms with Gasteiger partial charge in [0.1, 0.15) is 4.92 Å². The lowest BCUT2D eigenvalue weighted by atomic mass is 10.1. The minimum atomic E-state index is -0.634. The molecule has 0 bridgehead atoms. The second-order valence-corrected chi connectivity index (χ2v) is 4.93. The summed E-state index contributed by atoms with van der Waals surface area (Å²) in [6.45, 7) is 0. The Bertz CT molecular complexity index is 409. The van der Waals surface area contributed by atoms with Crippen LogP contribution >= 0.6 is 11.8 Å². The molecule has 0 amide bonds. The molecule has 1 aliphatic heterocycles. The highest BCUT2D eigenvalue weighted by Gasteiger charge is 2.26. The first kappa shape index (κ1) is 11.2. The van der Waals surface area contributed by atoms with Crippen LogP contribution in [0.15, 0.2) is 16.5 Å². The van der Waals surface area contributed by atoms with Crippen LogP contribution in [0.4, 0.5) is 5.88 Å². The second kappa shape index (κ2) is 4.69. The maximum Gasteiger partial charge on any atom is 0.433 e. The van der Waals surface area contributed by atoms with Crippen molar-refractivity contribution in [3.63, 3.8) is 0 Å². The molecule has 1 aromatic rings. The van der Waals surface area contributed by atoms with Gasteiger partial charge in [-0.2, -0.15) is 11.8 Å². The minimum Gasteiger partial charge on any atom is -0.397 e. The van der Waals surface area contributed by atoms with E-state index in [0.29, 0.717) is 0 Å². The van der Waals surface area contributed by atoms with Gasteiger partial charge < -0.3 is 4.42 Å². The van der Waals surface area contributed by atoms with E-state index in [1.165, 1.54) is 12.1 Å². The summed E-state index contributed by atoms with van der Waals surface area (Å²) in [5.74, 6) is 0.576. The number of ketones is 1. The number of hydrogen-bond donors (Lipinski definition) is 0. The number of thioether (sulfide) groups is 1. The molecule has 1 aliphatic rings. The largest absolute Gasteiger partial charge is 0.433 e. The van der Waals surface area contributed by atoms with Crippen molar-refractivity contribution < 1.29 is 14.1 Å². The van der Waals surface area contributed by atoms with Gasteiger partial charge in [0, 0.05) is 0 Å². The van der Waals surface area contributed by atoms with Gasteiger partial charge in [0.2, 0.25) is 5.78 Å². The van der Waals surface area contributed by atoms with Gasteiger partial charge in [-0.05, 0) is 24.7 Å². The molecule has 1 saturated heterocycles. The molecule has 0 saturated carbocycles. The number of hydrogen-bond acceptors (Lipinski definition) is 5. The van der Waals surface area contributed by atoms with Gasteiger partial charge in [-0.3, -0.25) is 14.9 Å². The van der Waals surface area contributed by atoms with Crippen LogP contribution in [0, 0.1) is 10.1 Å². The van der Waals surface area contributed by atoms with Crippen molar-refractivity contribution in [3.05, 3.63) is 28.0 Å². The van der Waals surface area contributed by atoms with E-state index in [9.17, 15) is 14.9 Å². The van der Waals surface area contributed by atoms with Crippen molar-refractivity contribution in [2.75, 3.05) is 5.75 Å². The molecule has 2 rings (SSSR count). The van der Waals surface area contributed by atoms with Crippen molar-refractivity contribution in [3.8, 4) is 0 Å². The van der Waals surface area contributed by atoms with Crippen molar-refractivity contribution in [1.82, 2.24) is 0 Å². The highest BCUT2D eigenvalue weighted by molar-refractivity contribution is 8.00. The van der Waals surface area contributed by atoms with Gasteiger partial charge in [0.15, 0.2) is 5.76 Å². The molecule has 0 spiro atoms. The zero-order valence-corrected chi connectivity index (χ0v) is 9.37. The predicted molar refractivity (Wildman–Crippen MR) is 59.8 cm³/mol. The van der Waals surface area contributed by atoms with Crippen LogP contribution in [0.2, 0.25) is 0 Å². The minimum absolute atomic E-state index is 0.0977. The topological polar surface area (TPSA) is 73.3 Å². The van der Waals surface area contributed by atoms with E-state index in [1.807, 2.05) is 0 Å². The molecule has 5 nitrogen and oxygen atoms in total. The first-order chi connectivity index (χ1) is 7.68. The quantitative estimate of drug-likeness (QED) is 0.462. The maximum absolute atomic E-state index is 11.9. The number of furan rings is 1. The Hall–Kier alpha value is -1.30. The molecule has 2 heterocycles. The zero-order valence-electron chi connectivity index (χ0n) is 8.55. The number of carbonyl (C=O) groups is 1.